The fourth-order valence-electron chi connectivity index (χ4n) is 5.75. The maximum Gasteiger partial charge on any atom is 0.303 e. The van der Waals surface area contributed by atoms with Gasteiger partial charge in [-0.3, -0.25) is 19.2 Å². The van der Waals surface area contributed by atoms with Gasteiger partial charge in [0.15, 0.2) is 0 Å². The fraction of sp³-hybridized carbons (Fsp3) is 0.500. The molecule has 0 radical (unpaired) electrons. The van der Waals surface area contributed by atoms with Crippen molar-refractivity contribution in [2.24, 2.45) is 11.8 Å². The number of aliphatic carboxylic acids is 1. The van der Waals surface area contributed by atoms with Crippen LogP contribution in [0.15, 0.2) is 41.8 Å². The van der Waals surface area contributed by atoms with E-state index in [4.69, 9.17) is 5.11 Å². The summed E-state index contributed by atoms with van der Waals surface area (Å²) in [6.07, 6.45) is 5.69. The molecule has 9 nitrogen and oxygen atoms in total. The topological polar surface area (TPSA) is 121 Å². The minimum atomic E-state index is -0.784. The number of anilines is 1. The van der Waals surface area contributed by atoms with Crippen LogP contribution in [0, 0.1) is 18.8 Å². The summed E-state index contributed by atoms with van der Waals surface area (Å²) in [5.41, 5.74) is 3.30. The van der Waals surface area contributed by atoms with E-state index in [1.807, 2.05) is 60.2 Å². The predicted octanol–water partition coefficient (Wildman–Crippen LogP) is 5.36. The smallest absolute Gasteiger partial charge is 0.303 e. The van der Waals surface area contributed by atoms with Crippen LogP contribution in [-0.2, 0) is 20.9 Å². The van der Waals surface area contributed by atoms with Crippen LogP contribution in [0.3, 0.4) is 0 Å². The highest BCUT2D eigenvalue weighted by atomic mass is 32.1. The summed E-state index contributed by atoms with van der Waals surface area (Å²) in [5, 5.41) is 16.8. The largest absolute Gasteiger partial charge is 0.481 e. The lowest BCUT2D eigenvalue weighted by molar-refractivity contribution is -0.137. The van der Waals surface area contributed by atoms with E-state index in [2.05, 4.69) is 10.6 Å². The lowest BCUT2D eigenvalue weighted by atomic mass is 9.81. The number of benzene rings is 1. The minimum Gasteiger partial charge on any atom is -0.481 e. The molecule has 0 unspecified atom stereocenters. The highest BCUT2D eigenvalue weighted by Gasteiger charge is 2.27. The first-order valence-electron chi connectivity index (χ1n) is 15.0. The van der Waals surface area contributed by atoms with Gasteiger partial charge < -0.3 is 25.2 Å². The van der Waals surface area contributed by atoms with Crippen LogP contribution in [0.5, 0.6) is 0 Å². The van der Waals surface area contributed by atoms with Crippen molar-refractivity contribution in [2.75, 3.05) is 24.5 Å². The van der Waals surface area contributed by atoms with E-state index in [1.54, 1.807) is 16.2 Å². The van der Waals surface area contributed by atoms with E-state index in [-0.39, 0.29) is 36.6 Å². The van der Waals surface area contributed by atoms with E-state index < -0.39 is 5.97 Å². The van der Waals surface area contributed by atoms with Crippen molar-refractivity contribution in [1.82, 2.24) is 15.2 Å². The van der Waals surface area contributed by atoms with Gasteiger partial charge in [-0.2, -0.15) is 0 Å². The number of carboxylic acid groups (broad SMARTS) is 1. The molecule has 1 saturated carbocycles. The number of carbonyl (C=O) groups is 4. The van der Waals surface area contributed by atoms with Crippen molar-refractivity contribution in [3.63, 3.8) is 0 Å². The second kappa shape index (κ2) is 15.0. The third-order valence-corrected chi connectivity index (χ3v) is 8.97. The first kappa shape index (κ1) is 31.3. The van der Waals surface area contributed by atoms with Crippen molar-refractivity contribution < 1.29 is 24.3 Å². The zero-order valence-electron chi connectivity index (χ0n) is 24.6. The molecule has 226 valence electrons. The van der Waals surface area contributed by atoms with E-state index in [0.717, 1.165) is 60.0 Å². The molecule has 1 aromatic carbocycles. The quantitative estimate of drug-likeness (QED) is 0.217. The summed E-state index contributed by atoms with van der Waals surface area (Å²) < 4.78 is 2.80. The molecule has 3 amide bonds. The number of carboxylic acids is 1. The number of hydrogen-bond acceptors (Lipinski definition) is 5. The summed E-state index contributed by atoms with van der Waals surface area (Å²) in [5.74, 6) is -0.679. The molecule has 2 aromatic heterocycles. The normalized spacial score (nSPS) is 16.7. The van der Waals surface area contributed by atoms with Gasteiger partial charge in [-0.05, 0) is 93.5 Å². The molecule has 42 heavy (non-hydrogen) atoms. The molecule has 2 heterocycles. The number of thiophene rings is 1. The SMILES string of the molecule is CCN(C(=O)Cn1c(C(=O)NCC2CCC(C(=O)NCCCCCC(=O)O)CC2)cc2sccc21)c1cccc(C)c1. The number of unbranched alkanes of at least 4 members (excludes halogenated alkanes) is 2. The molecule has 4 rings (SSSR count). The number of hydrogen-bond donors (Lipinski definition) is 3. The number of rotatable bonds is 14. The molecule has 1 fully saturated rings. The second-order valence-corrected chi connectivity index (χ2v) is 12.1. The molecular weight excluding hydrogens is 552 g/mol. The lowest BCUT2D eigenvalue weighted by Gasteiger charge is -2.28. The standard InChI is InChI=1S/C32H42N4O5S/c1-3-35(25-9-7-8-22(2)18-25)29(37)21-36-26-15-17-42-28(26)19-27(36)32(41)34-20-23-11-13-24(14-12-23)31(40)33-16-6-4-5-10-30(38)39/h7-9,15,17-19,23-24H,3-6,10-14,16,20-21H2,1-2H3,(H,33,40)(H,34,41)(H,38,39). The van der Waals surface area contributed by atoms with E-state index in [0.29, 0.717) is 37.7 Å². The van der Waals surface area contributed by atoms with Gasteiger partial charge in [0.25, 0.3) is 5.91 Å². The zero-order chi connectivity index (χ0) is 30.1. The lowest BCUT2D eigenvalue weighted by Crippen LogP contribution is -2.37. The van der Waals surface area contributed by atoms with Crippen LogP contribution < -0.4 is 15.5 Å². The Kier molecular flexibility index (Phi) is 11.2. The Bertz CT molecular complexity index is 1390. The van der Waals surface area contributed by atoms with Gasteiger partial charge >= 0.3 is 5.97 Å². The first-order valence-corrected chi connectivity index (χ1v) is 15.9. The third kappa shape index (κ3) is 8.21. The Balaban J connectivity index is 1.28. The van der Waals surface area contributed by atoms with Gasteiger partial charge in [-0.1, -0.05) is 18.6 Å². The number of amides is 3. The van der Waals surface area contributed by atoms with Gasteiger partial charge in [0.2, 0.25) is 11.8 Å². The molecular formula is C32H42N4O5S. The van der Waals surface area contributed by atoms with Crippen LogP contribution in [-0.4, -0.2) is 53.0 Å². The maximum atomic E-state index is 13.4. The summed E-state index contributed by atoms with van der Waals surface area (Å²) in [7, 11) is 0. The van der Waals surface area contributed by atoms with Gasteiger partial charge in [0, 0.05) is 37.7 Å². The Labute approximate surface area is 251 Å². The number of carbonyl (C=O) groups excluding carboxylic acids is 3. The van der Waals surface area contributed by atoms with Gasteiger partial charge in [0.05, 0.1) is 10.2 Å². The Hall–Kier alpha value is -3.66. The third-order valence-electron chi connectivity index (χ3n) is 8.11. The molecule has 1 aliphatic carbocycles. The maximum absolute atomic E-state index is 13.4. The molecule has 1 aliphatic rings. The van der Waals surface area contributed by atoms with Crippen LogP contribution >= 0.6 is 11.3 Å². The number of nitrogens with zero attached hydrogens (tertiary/aromatic N) is 2. The van der Waals surface area contributed by atoms with Crippen molar-refractivity contribution in [3.8, 4) is 0 Å². The first-order chi connectivity index (χ1) is 20.3. The molecule has 3 aromatic rings. The number of fused-ring (bicyclic) bond motifs is 1. The molecule has 0 saturated heterocycles. The Morgan fingerprint density at radius 3 is 2.52 bits per heavy atom. The molecule has 10 heteroatoms. The van der Waals surface area contributed by atoms with Crippen LogP contribution in [0.4, 0.5) is 5.69 Å². The molecule has 0 atom stereocenters. The van der Waals surface area contributed by atoms with Gasteiger partial charge in [-0.25, -0.2) is 0 Å². The molecule has 0 bridgehead atoms. The van der Waals surface area contributed by atoms with Crippen molar-refractivity contribution in [3.05, 3.63) is 53.0 Å². The summed E-state index contributed by atoms with van der Waals surface area (Å²) in [6.45, 7) is 5.67. The number of aryl methyl sites for hydroxylation is 1. The summed E-state index contributed by atoms with van der Waals surface area (Å²) >= 11 is 1.55. The van der Waals surface area contributed by atoms with Gasteiger partial charge in [-0.15, -0.1) is 11.3 Å². The van der Waals surface area contributed by atoms with E-state index >= 15 is 0 Å². The summed E-state index contributed by atoms with van der Waals surface area (Å²) in [6, 6.07) is 11.7. The summed E-state index contributed by atoms with van der Waals surface area (Å²) in [4.78, 5) is 51.7. The second-order valence-electron chi connectivity index (χ2n) is 11.2. The highest BCUT2D eigenvalue weighted by molar-refractivity contribution is 7.17. The van der Waals surface area contributed by atoms with Crippen molar-refractivity contribution >= 4 is 50.9 Å². The van der Waals surface area contributed by atoms with Crippen LogP contribution in [0.2, 0.25) is 0 Å². The Morgan fingerprint density at radius 2 is 1.81 bits per heavy atom. The Morgan fingerprint density at radius 1 is 1.02 bits per heavy atom. The molecule has 0 aliphatic heterocycles. The van der Waals surface area contributed by atoms with E-state index in [9.17, 15) is 19.2 Å². The monoisotopic (exact) mass is 594 g/mol. The molecule has 3 N–H and O–H groups in total. The average molecular weight is 595 g/mol. The van der Waals surface area contributed by atoms with Crippen molar-refractivity contribution in [2.45, 2.75) is 71.8 Å². The predicted molar refractivity (Wildman–Crippen MR) is 166 cm³/mol. The zero-order valence-corrected chi connectivity index (χ0v) is 25.4. The minimum absolute atomic E-state index is 0.0130. The van der Waals surface area contributed by atoms with E-state index in [1.165, 1.54) is 0 Å². The average Bonchev–Trinajstić information content (AvgIpc) is 3.57. The van der Waals surface area contributed by atoms with Crippen LogP contribution in [0.25, 0.3) is 10.2 Å². The number of likely N-dealkylation sites (N-methyl/N-ethyl adjacent to an activating group) is 1. The van der Waals surface area contributed by atoms with Gasteiger partial charge in [0.1, 0.15) is 12.2 Å². The van der Waals surface area contributed by atoms with Crippen LogP contribution in [0.1, 0.15) is 74.3 Å². The molecule has 0 spiro atoms. The number of aromatic nitrogens is 1. The van der Waals surface area contributed by atoms with Crippen molar-refractivity contribution in [1.29, 1.82) is 0 Å². The highest BCUT2D eigenvalue weighted by Crippen LogP contribution is 2.29. The fourth-order valence-corrected chi connectivity index (χ4v) is 6.57. The number of nitrogens with one attached hydrogen (secondary N) is 2.